The molecular formula is C24H25ClN4O2. The Kier molecular flexibility index (Phi) is 5.74. The fraction of sp³-hybridized carbons (Fsp3) is 0.250. The van der Waals surface area contributed by atoms with E-state index in [9.17, 15) is 0 Å². The first kappa shape index (κ1) is 21.0. The van der Waals surface area contributed by atoms with E-state index in [2.05, 4.69) is 44.4 Å². The van der Waals surface area contributed by atoms with E-state index in [1.807, 2.05) is 39.4 Å². The molecule has 0 aliphatic carbocycles. The molecule has 1 aliphatic rings. The SMILES string of the molecule is C=N/C=C(\C=C(/C)c1cc2cc(-c3cnc4c(c3)OCCN4C)n(C)c2cc1Cl)OC. The molecule has 0 atom stereocenters. The summed E-state index contributed by atoms with van der Waals surface area (Å²) in [6.45, 7) is 6.97. The van der Waals surface area contributed by atoms with Gasteiger partial charge < -0.3 is 18.9 Å². The number of likely N-dealkylation sites (N-methyl/N-ethyl adjacent to an activating group) is 1. The number of aromatic nitrogens is 2. The van der Waals surface area contributed by atoms with Crippen molar-refractivity contribution in [2.75, 3.05) is 32.2 Å². The second-order valence-electron chi connectivity index (χ2n) is 7.54. The molecule has 6 nitrogen and oxygen atoms in total. The van der Waals surface area contributed by atoms with E-state index in [1.165, 1.54) is 0 Å². The number of hydrogen-bond acceptors (Lipinski definition) is 5. The van der Waals surface area contributed by atoms with Crippen LogP contribution in [-0.4, -0.2) is 43.6 Å². The predicted molar refractivity (Wildman–Crippen MR) is 128 cm³/mol. The highest BCUT2D eigenvalue weighted by Gasteiger charge is 2.19. The van der Waals surface area contributed by atoms with Crippen LogP contribution in [0.4, 0.5) is 5.82 Å². The molecule has 4 rings (SSSR count). The molecule has 2 aromatic heterocycles. The van der Waals surface area contributed by atoms with Crippen LogP contribution in [0.15, 0.2) is 53.5 Å². The zero-order chi connectivity index (χ0) is 22.1. The second kappa shape index (κ2) is 8.47. The lowest BCUT2D eigenvalue weighted by molar-refractivity contribution is 0.306. The summed E-state index contributed by atoms with van der Waals surface area (Å²) >= 11 is 6.65. The topological polar surface area (TPSA) is 51.9 Å². The number of methoxy groups -OCH3 is 1. The molecule has 0 unspecified atom stereocenters. The molecule has 1 aliphatic heterocycles. The Hall–Kier alpha value is -3.25. The lowest BCUT2D eigenvalue weighted by Crippen LogP contribution is -2.29. The minimum atomic E-state index is 0.613. The zero-order valence-electron chi connectivity index (χ0n) is 18.1. The fourth-order valence-electron chi connectivity index (χ4n) is 3.84. The molecule has 7 heteroatoms. The maximum atomic E-state index is 6.65. The van der Waals surface area contributed by atoms with E-state index < -0.39 is 0 Å². The Morgan fingerprint density at radius 1 is 1.29 bits per heavy atom. The van der Waals surface area contributed by atoms with E-state index in [0.29, 0.717) is 17.4 Å². The number of pyridine rings is 1. The van der Waals surface area contributed by atoms with Crippen molar-refractivity contribution in [1.82, 2.24) is 9.55 Å². The fourth-order valence-corrected chi connectivity index (χ4v) is 4.14. The van der Waals surface area contributed by atoms with Crippen LogP contribution in [0.2, 0.25) is 5.02 Å². The molecule has 0 saturated heterocycles. The number of anilines is 1. The average molecular weight is 437 g/mol. The van der Waals surface area contributed by atoms with Gasteiger partial charge in [0, 0.05) is 36.8 Å². The molecule has 0 saturated carbocycles. The standard InChI is InChI=1S/C24H25ClN4O2/c1-15(8-18(30-5)14-26-2)19-9-16-10-21(29(4)22(16)12-20(19)25)17-11-23-24(27-13-17)28(3)6-7-31-23/h8-14H,2,6-7H2,1,3-5H3/b15-8+,18-14+. The highest BCUT2D eigenvalue weighted by molar-refractivity contribution is 6.33. The number of nitrogens with zero attached hydrogens (tertiary/aromatic N) is 4. The minimum absolute atomic E-state index is 0.613. The summed E-state index contributed by atoms with van der Waals surface area (Å²) in [5.41, 5.74) is 5.00. The number of allylic oxidation sites excluding steroid dienone is 2. The van der Waals surface area contributed by atoms with Gasteiger partial charge in [0.1, 0.15) is 12.4 Å². The van der Waals surface area contributed by atoms with Crippen LogP contribution in [0.1, 0.15) is 12.5 Å². The quantitative estimate of drug-likeness (QED) is 0.309. The third kappa shape index (κ3) is 3.91. The summed E-state index contributed by atoms with van der Waals surface area (Å²) in [6, 6.07) is 8.29. The lowest BCUT2D eigenvalue weighted by Gasteiger charge is -2.26. The number of halogens is 1. The Morgan fingerprint density at radius 2 is 2.10 bits per heavy atom. The van der Waals surface area contributed by atoms with Crippen LogP contribution >= 0.6 is 11.6 Å². The van der Waals surface area contributed by atoms with E-state index in [0.717, 1.165) is 51.4 Å². The Labute approximate surface area is 187 Å². The number of hydrogen-bond donors (Lipinski definition) is 0. The number of benzene rings is 1. The van der Waals surface area contributed by atoms with Gasteiger partial charge in [0.2, 0.25) is 0 Å². The highest BCUT2D eigenvalue weighted by Crippen LogP contribution is 2.37. The maximum absolute atomic E-state index is 6.65. The first-order valence-corrected chi connectivity index (χ1v) is 10.3. The van der Waals surface area contributed by atoms with Crippen LogP contribution in [0.5, 0.6) is 5.75 Å². The number of rotatable bonds is 5. The van der Waals surface area contributed by atoms with Gasteiger partial charge in [-0.15, -0.1) is 0 Å². The third-order valence-electron chi connectivity index (χ3n) is 5.54. The van der Waals surface area contributed by atoms with Gasteiger partial charge in [-0.2, -0.15) is 0 Å². The zero-order valence-corrected chi connectivity index (χ0v) is 18.9. The maximum Gasteiger partial charge on any atom is 0.171 e. The highest BCUT2D eigenvalue weighted by atomic mass is 35.5. The summed E-state index contributed by atoms with van der Waals surface area (Å²) in [5, 5.41) is 1.76. The first-order chi connectivity index (χ1) is 14.9. The first-order valence-electron chi connectivity index (χ1n) is 9.95. The second-order valence-corrected chi connectivity index (χ2v) is 7.95. The van der Waals surface area contributed by atoms with E-state index in [1.54, 1.807) is 13.3 Å². The van der Waals surface area contributed by atoms with Gasteiger partial charge in [-0.1, -0.05) is 11.6 Å². The molecule has 0 N–H and O–H groups in total. The van der Waals surface area contributed by atoms with Crippen molar-refractivity contribution in [1.29, 1.82) is 0 Å². The van der Waals surface area contributed by atoms with E-state index >= 15 is 0 Å². The number of aliphatic imine (C=N–C) groups is 1. The third-order valence-corrected chi connectivity index (χ3v) is 5.86. The van der Waals surface area contributed by atoms with Crippen molar-refractivity contribution in [3.05, 3.63) is 59.1 Å². The van der Waals surface area contributed by atoms with Crippen molar-refractivity contribution >= 4 is 40.6 Å². The average Bonchev–Trinajstić information content (AvgIpc) is 3.08. The van der Waals surface area contributed by atoms with Crippen molar-refractivity contribution in [3.63, 3.8) is 0 Å². The van der Waals surface area contributed by atoms with Gasteiger partial charge in [0.05, 0.1) is 30.6 Å². The molecule has 160 valence electrons. The van der Waals surface area contributed by atoms with Crippen molar-refractivity contribution in [2.45, 2.75) is 6.92 Å². The smallest absolute Gasteiger partial charge is 0.171 e. The van der Waals surface area contributed by atoms with Gasteiger partial charge in [-0.25, -0.2) is 4.98 Å². The Morgan fingerprint density at radius 3 is 2.84 bits per heavy atom. The van der Waals surface area contributed by atoms with E-state index in [4.69, 9.17) is 21.1 Å². The lowest BCUT2D eigenvalue weighted by atomic mass is 10.0. The summed E-state index contributed by atoms with van der Waals surface area (Å²) in [4.78, 5) is 10.5. The largest absolute Gasteiger partial charge is 0.495 e. The van der Waals surface area contributed by atoms with Gasteiger partial charge in [0.25, 0.3) is 0 Å². The van der Waals surface area contributed by atoms with Crippen molar-refractivity contribution in [2.24, 2.45) is 12.0 Å². The van der Waals surface area contributed by atoms with Gasteiger partial charge in [-0.05, 0) is 55.1 Å². The van der Waals surface area contributed by atoms with E-state index in [-0.39, 0.29) is 0 Å². The Balaban J connectivity index is 1.79. The van der Waals surface area contributed by atoms with Crippen molar-refractivity contribution < 1.29 is 9.47 Å². The molecule has 0 radical (unpaired) electrons. The Bertz CT molecular complexity index is 1230. The predicted octanol–water partition coefficient (Wildman–Crippen LogP) is 5.31. The minimum Gasteiger partial charge on any atom is -0.495 e. The van der Waals surface area contributed by atoms with Gasteiger partial charge in [-0.3, -0.25) is 4.99 Å². The molecular weight excluding hydrogens is 412 g/mol. The molecule has 31 heavy (non-hydrogen) atoms. The molecule has 3 aromatic rings. The van der Waals surface area contributed by atoms with Crippen LogP contribution in [0.3, 0.4) is 0 Å². The molecule has 3 heterocycles. The summed E-state index contributed by atoms with van der Waals surface area (Å²) in [7, 11) is 5.66. The van der Waals surface area contributed by atoms with Crippen LogP contribution in [0, 0.1) is 0 Å². The number of ether oxygens (including phenoxy) is 2. The molecule has 0 bridgehead atoms. The molecule has 0 amide bonds. The molecule has 1 aromatic carbocycles. The summed E-state index contributed by atoms with van der Waals surface area (Å²) < 4.78 is 13.3. The number of fused-ring (bicyclic) bond motifs is 2. The monoisotopic (exact) mass is 436 g/mol. The van der Waals surface area contributed by atoms with Crippen LogP contribution < -0.4 is 9.64 Å². The summed E-state index contributed by atoms with van der Waals surface area (Å²) in [5.74, 6) is 2.29. The molecule has 0 fully saturated rings. The van der Waals surface area contributed by atoms with Crippen molar-refractivity contribution in [3.8, 4) is 17.0 Å². The van der Waals surface area contributed by atoms with Gasteiger partial charge >= 0.3 is 0 Å². The normalized spacial score (nSPS) is 14.4. The number of aryl methyl sites for hydroxylation is 1. The van der Waals surface area contributed by atoms with Crippen LogP contribution in [0.25, 0.3) is 27.7 Å². The van der Waals surface area contributed by atoms with Crippen LogP contribution in [-0.2, 0) is 11.8 Å². The summed E-state index contributed by atoms with van der Waals surface area (Å²) in [6.07, 6.45) is 5.36. The molecule has 0 spiro atoms. The van der Waals surface area contributed by atoms with Gasteiger partial charge in [0.15, 0.2) is 11.6 Å².